The summed E-state index contributed by atoms with van der Waals surface area (Å²) in [5.74, 6) is -0.684. The van der Waals surface area contributed by atoms with Crippen molar-refractivity contribution in [2.24, 2.45) is 0 Å². The normalized spacial score (nSPS) is 18.0. The van der Waals surface area contributed by atoms with E-state index in [1.807, 2.05) is 58.0 Å². The number of para-hydroxylation sites is 1. The molecule has 0 saturated carbocycles. The largest absolute Gasteiger partial charge is 0.491 e. The van der Waals surface area contributed by atoms with Gasteiger partial charge in [-0.05, 0) is 51.8 Å². The third-order valence-corrected chi connectivity index (χ3v) is 5.16. The van der Waals surface area contributed by atoms with Crippen LogP contribution in [0.4, 0.5) is 5.69 Å². The minimum atomic E-state index is -1.32. The van der Waals surface area contributed by atoms with Crippen LogP contribution in [0.3, 0.4) is 0 Å². The quantitative estimate of drug-likeness (QED) is 0.795. The van der Waals surface area contributed by atoms with Crippen LogP contribution in [0.1, 0.15) is 42.5 Å². The van der Waals surface area contributed by atoms with E-state index in [0.29, 0.717) is 19.8 Å². The average molecular weight is 381 g/mol. The second-order valence-corrected chi connectivity index (χ2v) is 7.81. The Kier molecular flexibility index (Phi) is 4.89. The number of aryl methyl sites for hydroxylation is 2. The van der Waals surface area contributed by atoms with Gasteiger partial charge in [0, 0.05) is 11.1 Å². The summed E-state index contributed by atoms with van der Waals surface area (Å²) in [6, 6.07) is 12.0. The molecule has 148 valence electrons. The maximum absolute atomic E-state index is 13.6. The van der Waals surface area contributed by atoms with E-state index in [9.17, 15) is 4.79 Å². The highest BCUT2D eigenvalue weighted by Crippen LogP contribution is 2.48. The van der Waals surface area contributed by atoms with Crippen LogP contribution in [0.2, 0.25) is 0 Å². The summed E-state index contributed by atoms with van der Waals surface area (Å²) >= 11 is 0. The fourth-order valence-corrected chi connectivity index (χ4v) is 4.10. The van der Waals surface area contributed by atoms with Crippen molar-refractivity contribution < 1.29 is 19.0 Å². The number of rotatable bonds is 4. The smallest absolute Gasteiger partial charge is 0.292 e. The van der Waals surface area contributed by atoms with Gasteiger partial charge in [0.1, 0.15) is 5.75 Å². The molecule has 2 aromatic rings. The number of hydrogen-bond donors (Lipinski definition) is 0. The van der Waals surface area contributed by atoms with Crippen LogP contribution in [-0.4, -0.2) is 25.2 Å². The lowest BCUT2D eigenvalue weighted by Gasteiger charge is -2.32. The molecule has 2 heterocycles. The van der Waals surface area contributed by atoms with Gasteiger partial charge in [-0.1, -0.05) is 29.8 Å². The molecule has 1 amide bonds. The summed E-state index contributed by atoms with van der Waals surface area (Å²) in [4.78, 5) is 15.4. The zero-order valence-corrected chi connectivity index (χ0v) is 17.0. The maximum atomic E-state index is 13.6. The van der Waals surface area contributed by atoms with Crippen LogP contribution >= 0.6 is 0 Å². The number of carbonyl (C=O) groups is 1. The summed E-state index contributed by atoms with van der Waals surface area (Å²) in [5, 5.41) is 0. The Morgan fingerprint density at radius 2 is 1.86 bits per heavy atom. The number of hydrogen-bond acceptors (Lipinski definition) is 4. The van der Waals surface area contributed by atoms with Crippen LogP contribution in [0, 0.1) is 13.8 Å². The maximum Gasteiger partial charge on any atom is 0.292 e. The number of carbonyl (C=O) groups excluding carboxylic acids is 1. The van der Waals surface area contributed by atoms with Crippen molar-refractivity contribution in [1.82, 2.24) is 0 Å². The Balaban J connectivity index is 1.78. The second-order valence-electron chi connectivity index (χ2n) is 7.81. The Hall–Kier alpha value is -2.37. The molecule has 1 saturated heterocycles. The average Bonchev–Trinajstić information content (AvgIpc) is 2.86. The SMILES string of the molecule is Cc1cc(C)c2c(c1)C1(OCCCO1)C(=O)N2Cc1ccccc1OC(C)C. The Bertz CT molecular complexity index is 899. The first-order chi connectivity index (χ1) is 13.4. The summed E-state index contributed by atoms with van der Waals surface area (Å²) in [5.41, 5.74) is 4.80. The molecule has 2 aliphatic heterocycles. The van der Waals surface area contributed by atoms with E-state index in [2.05, 4.69) is 6.07 Å². The molecule has 0 atom stereocenters. The molecule has 4 rings (SSSR count). The van der Waals surface area contributed by atoms with Gasteiger partial charge >= 0.3 is 0 Å². The van der Waals surface area contributed by atoms with E-state index in [4.69, 9.17) is 14.2 Å². The zero-order valence-electron chi connectivity index (χ0n) is 17.0. The van der Waals surface area contributed by atoms with Gasteiger partial charge in [0.25, 0.3) is 11.7 Å². The molecule has 0 unspecified atom stereocenters. The topological polar surface area (TPSA) is 48.0 Å². The predicted molar refractivity (Wildman–Crippen MR) is 108 cm³/mol. The van der Waals surface area contributed by atoms with Crippen LogP contribution in [0.5, 0.6) is 5.75 Å². The molecule has 5 heteroatoms. The number of benzene rings is 2. The van der Waals surface area contributed by atoms with E-state index in [0.717, 1.165) is 40.1 Å². The molecule has 2 aliphatic rings. The minimum Gasteiger partial charge on any atom is -0.491 e. The molecular formula is C23H27NO4. The van der Waals surface area contributed by atoms with Gasteiger partial charge in [-0.25, -0.2) is 0 Å². The number of ether oxygens (including phenoxy) is 3. The number of anilines is 1. The number of nitrogens with zero attached hydrogens (tertiary/aromatic N) is 1. The van der Waals surface area contributed by atoms with Crippen molar-refractivity contribution in [3.05, 3.63) is 58.7 Å². The van der Waals surface area contributed by atoms with E-state index in [1.165, 1.54) is 0 Å². The van der Waals surface area contributed by atoms with Gasteiger partial charge in [-0.3, -0.25) is 4.79 Å². The van der Waals surface area contributed by atoms with Crippen molar-refractivity contribution in [2.75, 3.05) is 18.1 Å². The van der Waals surface area contributed by atoms with Gasteiger partial charge in [0.15, 0.2) is 0 Å². The monoisotopic (exact) mass is 381 g/mol. The summed E-state index contributed by atoms with van der Waals surface area (Å²) < 4.78 is 18.0. The van der Waals surface area contributed by atoms with E-state index in [1.54, 1.807) is 4.90 Å². The predicted octanol–water partition coefficient (Wildman–Crippen LogP) is 4.23. The number of fused-ring (bicyclic) bond motifs is 2. The van der Waals surface area contributed by atoms with Crippen LogP contribution in [0.25, 0.3) is 0 Å². The van der Waals surface area contributed by atoms with Gasteiger partial charge in [-0.15, -0.1) is 0 Å². The fraction of sp³-hybridized carbons (Fsp3) is 0.435. The molecule has 0 N–H and O–H groups in total. The highest BCUT2D eigenvalue weighted by atomic mass is 16.7. The molecule has 1 fully saturated rings. The fourth-order valence-electron chi connectivity index (χ4n) is 4.10. The minimum absolute atomic E-state index is 0.0588. The Morgan fingerprint density at radius 3 is 2.57 bits per heavy atom. The molecule has 0 bridgehead atoms. The van der Waals surface area contributed by atoms with E-state index < -0.39 is 5.79 Å². The van der Waals surface area contributed by atoms with E-state index >= 15 is 0 Å². The summed E-state index contributed by atoms with van der Waals surface area (Å²) in [6.07, 6.45) is 0.851. The molecule has 0 radical (unpaired) electrons. The Morgan fingerprint density at radius 1 is 1.14 bits per heavy atom. The van der Waals surface area contributed by atoms with Crippen molar-refractivity contribution in [1.29, 1.82) is 0 Å². The third-order valence-electron chi connectivity index (χ3n) is 5.16. The van der Waals surface area contributed by atoms with Crippen molar-refractivity contribution in [3.63, 3.8) is 0 Å². The van der Waals surface area contributed by atoms with Crippen molar-refractivity contribution in [3.8, 4) is 5.75 Å². The van der Waals surface area contributed by atoms with E-state index in [-0.39, 0.29) is 12.0 Å². The molecule has 5 nitrogen and oxygen atoms in total. The first kappa shape index (κ1) is 19.0. The first-order valence-corrected chi connectivity index (χ1v) is 9.88. The van der Waals surface area contributed by atoms with Crippen LogP contribution in [0.15, 0.2) is 36.4 Å². The van der Waals surface area contributed by atoms with Crippen LogP contribution < -0.4 is 9.64 Å². The highest BCUT2D eigenvalue weighted by Gasteiger charge is 2.55. The lowest BCUT2D eigenvalue weighted by Crippen LogP contribution is -2.47. The van der Waals surface area contributed by atoms with Crippen molar-refractivity contribution >= 4 is 11.6 Å². The molecular weight excluding hydrogens is 354 g/mol. The first-order valence-electron chi connectivity index (χ1n) is 9.88. The summed E-state index contributed by atoms with van der Waals surface area (Å²) in [6.45, 7) is 9.50. The molecule has 0 aromatic heterocycles. The number of amides is 1. The van der Waals surface area contributed by atoms with Gasteiger partial charge in [0.2, 0.25) is 0 Å². The summed E-state index contributed by atoms with van der Waals surface area (Å²) in [7, 11) is 0. The van der Waals surface area contributed by atoms with Gasteiger partial charge < -0.3 is 19.1 Å². The molecule has 1 spiro atoms. The lowest BCUT2D eigenvalue weighted by molar-refractivity contribution is -0.256. The molecule has 0 aliphatic carbocycles. The molecule has 28 heavy (non-hydrogen) atoms. The van der Waals surface area contributed by atoms with Gasteiger partial charge in [0.05, 0.1) is 31.5 Å². The van der Waals surface area contributed by atoms with Crippen LogP contribution in [-0.2, 0) is 26.6 Å². The standard InChI is InChI=1S/C23H27NO4/c1-15(2)28-20-9-6-5-8-18(20)14-24-21-17(4)12-16(3)13-19(21)23(22(24)25)26-10-7-11-27-23/h5-6,8-9,12-13,15H,7,10-11,14H2,1-4H3. The second kappa shape index (κ2) is 7.22. The Labute approximate surface area is 166 Å². The third kappa shape index (κ3) is 3.09. The highest BCUT2D eigenvalue weighted by molar-refractivity contribution is 6.07. The molecule has 2 aromatic carbocycles. The van der Waals surface area contributed by atoms with Crippen molar-refractivity contribution in [2.45, 2.75) is 52.6 Å². The zero-order chi connectivity index (χ0) is 19.9. The van der Waals surface area contributed by atoms with Gasteiger partial charge in [-0.2, -0.15) is 0 Å². The lowest BCUT2D eigenvalue weighted by atomic mass is 10.00.